The van der Waals surface area contributed by atoms with Crippen LogP contribution in [0.4, 0.5) is 5.69 Å². The Balaban J connectivity index is 0.00000107. The number of carboxylic acid groups (broad SMARTS) is 1. The van der Waals surface area contributed by atoms with Crippen LogP contribution in [0.3, 0.4) is 0 Å². The zero-order valence-corrected chi connectivity index (χ0v) is 19.1. The van der Waals surface area contributed by atoms with E-state index in [2.05, 4.69) is 26.7 Å². The lowest BCUT2D eigenvalue weighted by Crippen LogP contribution is -2.43. The zero-order valence-electron chi connectivity index (χ0n) is 18.3. The van der Waals surface area contributed by atoms with Crippen molar-refractivity contribution in [3.63, 3.8) is 0 Å². The van der Waals surface area contributed by atoms with E-state index in [1.54, 1.807) is 0 Å². The lowest BCUT2D eigenvalue weighted by Gasteiger charge is -2.28. The van der Waals surface area contributed by atoms with Gasteiger partial charge in [0.2, 0.25) is 15.9 Å². The molecule has 2 aliphatic rings. The van der Waals surface area contributed by atoms with Crippen molar-refractivity contribution in [2.24, 2.45) is 0 Å². The van der Waals surface area contributed by atoms with E-state index in [1.165, 1.54) is 11.9 Å². The summed E-state index contributed by atoms with van der Waals surface area (Å²) >= 11 is 0. The van der Waals surface area contributed by atoms with Crippen molar-refractivity contribution in [2.45, 2.75) is 37.8 Å². The summed E-state index contributed by atoms with van der Waals surface area (Å²) in [6.07, 6.45) is 4.52. The van der Waals surface area contributed by atoms with E-state index < -0.39 is 10.0 Å². The smallest absolute Gasteiger partial charge is 0.290 e. The van der Waals surface area contributed by atoms with Gasteiger partial charge in [0.1, 0.15) is 0 Å². The number of nitrogens with one attached hydrogen (secondary N) is 1. The highest BCUT2D eigenvalue weighted by molar-refractivity contribution is 7.88. The van der Waals surface area contributed by atoms with Crippen molar-refractivity contribution < 1.29 is 23.1 Å². The Morgan fingerprint density at radius 3 is 2.42 bits per heavy atom. The monoisotopic (exact) mass is 454 g/mol. The highest BCUT2D eigenvalue weighted by Gasteiger charge is 2.33. The molecule has 0 aromatic heterocycles. The third-order valence-corrected chi connectivity index (χ3v) is 6.64. The predicted molar refractivity (Wildman–Crippen MR) is 121 cm³/mol. The van der Waals surface area contributed by atoms with Crippen molar-refractivity contribution in [3.8, 4) is 0 Å². The fraction of sp³-hybridized carbons (Fsp3) is 0.619. The topological polar surface area (TPSA) is 110 Å². The van der Waals surface area contributed by atoms with Gasteiger partial charge in [-0.15, -0.1) is 0 Å². The fourth-order valence-electron chi connectivity index (χ4n) is 4.22. The van der Waals surface area contributed by atoms with E-state index >= 15 is 0 Å². The van der Waals surface area contributed by atoms with Gasteiger partial charge >= 0.3 is 0 Å². The first-order valence-corrected chi connectivity index (χ1v) is 12.5. The van der Waals surface area contributed by atoms with Crippen LogP contribution in [0.1, 0.15) is 25.7 Å². The number of para-hydroxylation sites is 1. The second-order valence-electron chi connectivity index (χ2n) is 8.04. The van der Waals surface area contributed by atoms with Crippen LogP contribution in [0.25, 0.3) is 0 Å². The zero-order chi connectivity index (χ0) is 22.9. The average Bonchev–Trinajstić information content (AvgIpc) is 2.93. The number of nitrogens with zero attached hydrogens (tertiary/aromatic N) is 3. The molecule has 1 aromatic rings. The fourth-order valence-corrected chi connectivity index (χ4v) is 4.72. The Kier molecular flexibility index (Phi) is 9.73. The van der Waals surface area contributed by atoms with E-state index in [1.807, 2.05) is 30.1 Å². The summed E-state index contributed by atoms with van der Waals surface area (Å²) in [5.74, 6) is 0.212. The first-order chi connectivity index (χ1) is 14.7. The third-order valence-electron chi connectivity index (χ3n) is 5.95. The number of sulfonamides is 1. The van der Waals surface area contributed by atoms with Gasteiger partial charge in [0.05, 0.1) is 6.26 Å². The van der Waals surface area contributed by atoms with Gasteiger partial charge in [-0.25, -0.2) is 13.1 Å². The van der Waals surface area contributed by atoms with E-state index in [4.69, 9.17) is 9.90 Å². The molecule has 1 amide bonds. The van der Waals surface area contributed by atoms with Gasteiger partial charge < -0.3 is 14.9 Å². The quantitative estimate of drug-likeness (QED) is 0.613. The van der Waals surface area contributed by atoms with Gasteiger partial charge in [0, 0.05) is 56.9 Å². The molecule has 0 saturated carbocycles. The number of likely N-dealkylation sites (N-methyl/N-ethyl adjacent to an activating group) is 1. The molecule has 0 spiro atoms. The van der Waals surface area contributed by atoms with E-state index in [0.717, 1.165) is 45.4 Å². The average molecular weight is 455 g/mol. The standard InChI is InChI=1S/C20H32N4O3S.CH2O2/c1-22-18(9-10-19(22)16-21-28(2,26)27)15-20(25)24-12-6-11-23(13-14-24)17-7-4-3-5-8-17;2-1-3/h3-5,7-8,18-19,21H,6,9-16H2,1-2H3;1H,(H,2,3)/t18-,19+;/m1./s1. The van der Waals surface area contributed by atoms with Crippen LogP contribution >= 0.6 is 0 Å². The Morgan fingerprint density at radius 2 is 1.77 bits per heavy atom. The predicted octanol–water partition coefficient (Wildman–Crippen LogP) is 0.828. The molecule has 0 unspecified atom stereocenters. The van der Waals surface area contributed by atoms with Crippen molar-refractivity contribution in [2.75, 3.05) is 50.9 Å². The number of benzene rings is 1. The molecule has 3 rings (SSSR count). The van der Waals surface area contributed by atoms with Crippen LogP contribution in [0, 0.1) is 0 Å². The van der Waals surface area contributed by atoms with Gasteiger partial charge in [-0.3, -0.25) is 14.5 Å². The maximum absolute atomic E-state index is 12.9. The van der Waals surface area contributed by atoms with Gasteiger partial charge in [-0.1, -0.05) is 18.2 Å². The molecule has 174 valence electrons. The molecule has 1 aromatic carbocycles. The van der Waals surface area contributed by atoms with Gasteiger partial charge in [-0.2, -0.15) is 0 Å². The van der Waals surface area contributed by atoms with Crippen LogP contribution < -0.4 is 9.62 Å². The second-order valence-corrected chi connectivity index (χ2v) is 9.87. The maximum atomic E-state index is 12.9. The van der Waals surface area contributed by atoms with Crippen LogP contribution in [0.15, 0.2) is 30.3 Å². The number of hydrogen-bond donors (Lipinski definition) is 2. The molecule has 31 heavy (non-hydrogen) atoms. The maximum Gasteiger partial charge on any atom is 0.290 e. The number of likely N-dealkylation sites (tertiary alicyclic amines) is 1. The number of amides is 1. The number of rotatable bonds is 6. The van der Waals surface area contributed by atoms with E-state index in [9.17, 15) is 13.2 Å². The summed E-state index contributed by atoms with van der Waals surface area (Å²) in [6, 6.07) is 10.7. The van der Waals surface area contributed by atoms with Crippen LogP contribution in [0.5, 0.6) is 0 Å². The second kappa shape index (κ2) is 12.0. The lowest BCUT2D eigenvalue weighted by molar-refractivity contribution is -0.132. The van der Waals surface area contributed by atoms with Crippen molar-refractivity contribution >= 4 is 28.1 Å². The number of carbonyl (C=O) groups excluding carboxylic acids is 1. The molecule has 2 atom stereocenters. The summed E-state index contributed by atoms with van der Waals surface area (Å²) in [4.78, 5) is 27.8. The summed E-state index contributed by atoms with van der Waals surface area (Å²) in [5, 5.41) is 6.89. The summed E-state index contributed by atoms with van der Waals surface area (Å²) in [5.41, 5.74) is 1.22. The number of carbonyl (C=O) groups is 2. The molecule has 2 fully saturated rings. The Hall–Kier alpha value is -2.17. The molecule has 0 bridgehead atoms. The van der Waals surface area contributed by atoms with Crippen molar-refractivity contribution in [3.05, 3.63) is 30.3 Å². The Labute approximate surface area is 185 Å². The normalized spacial score (nSPS) is 22.4. The third kappa shape index (κ3) is 8.12. The highest BCUT2D eigenvalue weighted by atomic mass is 32.2. The largest absolute Gasteiger partial charge is 0.483 e. The first-order valence-electron chi connectivity index (χ1n) is 10.6. The molecule has 2 heterocycles. The van der Waals surface area contributed by atoms with Crippen LogP contribution in [-0.2, 0) is 19.6 Å². The van der Waals surface area contributed by atoms with Crippen LogP contribution in [-0.4, -0.2) is 93.8 Å². The molecule has 10 heteroatoms. The van der Waals surface area contributed by atoms with Crippen molar-refractivity contribution in [1.29, 1.82) is 0 Å². The minimum atomic E-state index is -3.18. The lowest BCUT2D eigenvalue weighted by atomic mass is 10.1. The Morgan fingerprint density at radius 1 is 1.13 bits per heavy atom. The van der Waals surface area contributed by atoms with Gasteiger partial charge in [0.15, 0.2) is 0 Å². The minimum Gasteiger partial charge on any atom is -0.483 e. The van der Waals surface area contributed by atoms with Crippen molar-refractivity contribution in [1.82, 2.24) is 14.5 Å². The minimum absolute atomic E-state index is 0.158. The Bertz CT molecular complexity index is 805. The first kappa shape index (κ1) is 25.1. The molecular weight excluding hydrogens is 420 g/mol. The van der Waals surface area contributed by atoms with Crippen LogP contribution in [0.2, 0.25) is 0 Å². The molecule has 9 nitrogen and oxygen atoms in total. The summed E-state index contributed by atoms with van der Waals surface area (Å²) in [6.45, 7) is 3.55. The number of anilines is 1. The molecule has 0 aliphatic carbocycles. The van der Waals surface area contributed by atoms with E-state index in [0.29, 0.717) is 13.0 Å². The summed E-state index contributed by atoms with van der Waals surface area (Å²) < 4.78 is 25.2. The molecule has 0 radical (unpaired) electrons. The van der Waals surface area contributed by atoms with E-state index in [-0.39, 0.29) is 24.5 Å². The highest BCUT2D eigenvalue weighted by Crippen LogP contribution is 2.25. The SMILES string of the molecule is CN1[C@@H](CC(=O)N2CCCN(c3ccccc3)CC2)CC[C@H]1CNS(C)(=O)=O.O=CO. The molecule has 2 N–H and O–H groups in total. The summed E-state index contributed by atoms with van der Waals surface area (Å²) in [7, 11) is -1.18. The molecule has 2 saturated heterocycles. The van der Waals surface area contributed by atoms with Gasteiger partial charge in [-0.05, 0) is 38.4 Å². The number of hydrogen-bond acceptors (Lipinski definition) is 6. The molecular formula is C21H34N4O5S. The van der Waals surface area contributed by atoms with Gasteiger partial charge in [0.25, 0.3) is 6.47 Å². The molecule has 2 aliphatic heterocycles.